The van der Waals surface area contributed by atoms with Crippen LogP contribution in [0.4, 0.5) is 0 Å². The van der Waals surface area contributed by atoms with Gasteiger partial charge in [0.05, 0.1) is 26.6 Å². The lowest BCUT2D eigenvalue weighted by atomic mass is 10.4. The van der Waals surface area contributed by atoms with Crippen LogP contribution in [0.5, 0.6) is 0 Å². The second kappa shape index (κ2) is 5.81. The van der Waals surface area contributed by atoms with Crippen LogP contribution < -0.4 is 9.24 Å². The van der Waals surface area contributed by atoms with E-state index >= 15 is 0 Å². The van der Waals surface area contributed by atoms with E-state index in [-0.39, 0.29) is 6.33 Å². The molecule has 0 unspecified atom stereocenters. The molecule has 2 aromatic heterocycles. The molecule has 0 bridgehead atoms. The monoisotopic (exact) mass is 385 g/mol. The van der Waals surface area contributed by atoms with E-state index in [1.807, 2.05) is 22.7 Å². The molecule has 3 rings (SSSR count). The first kappa shape index (κ1) is 14.6. The molecular formula is C10H11P2S6+. The summed E-state index contributed by atoms with van der Waals surface area (Å²) in [7, 11) is 1.79. The molecule has 0 saturated carbocycles. The molecule has 0 nitrogen and oxygen atoms in total. The molecule has 0 spiro atoms. The van der Waals surface area contributed by atoms with Crippen molar-refractivity contribution in [2.75, 3.05) is 0 Å². The first-order valence-corrected chi connectivity index (χ1v) is 16.6. The van der Waals surface area contributed by atoms with Crippen LogP contribution in [0.3, 0.4) is 0 Å². The maximum atomic E-state index is 4.56. The van der Waals surface area contributed by atoms with Gasteiger partial charge in [0.1, 0.15) is 16.7 Å². The third kappa shape index (κ3) is 2.69. The van der Waals surface area contributed by atoms with Crippen LogP contribution in [-0.2, 0) is 0 Å². The molecule has 0 radical (unpaired) electrons. The van der Waals surface area contributed by atoms with Crippen LogP contribution in [-0.4, -0.2) is 0 Å². The van der Waals surface area contributed by atoms with Gasteiger partial charge < -0.3 is 0 Å². The van der Waals surface area contributed by atoms with E-state index in [1.54, 1.807) is 19.7 Å². The Hall–Kier alpha value is 1.66. The van der Waals surface area contributed by atoms with Crippen molar-refractivity contribution in [2.24, 2.45) is 0 Å². The second-order valence-electron chi connectivity index (χ2n) is 3.92. The maximum Gasteiger partial charge on any atom is 0.256 e. The topological polar surface area (TPSA) is 0 Å². The Morgan fingerprint density at radius 3 is 2.28 bits per heavy atom. The fourth-order valence-corrected chi connectivity index (χ4v) is 42.6. The minimum Gasteiger partial charge on any atom is -0.142 e. The molecule has 2 aromatic rings. The molecule has 18 heavy (non-hydrogen) atoms. The summed E-state index contributed by atoms with van der Waals surface area (Å²) in [4.78, 5) is -1.13. The Labute approximate surface area is 134 Å². The van der Waals surface area contributed by atoms with Gasteiger partial charge in [-0.05, 0) is 47.9 Å². The molecular weight excluding hydrogens is 374 g/mol. The van der Waals surface area contributed by atoms with Crippen molar-refractivity contribution in [1.82, 2.24) is 0 Å². The SMILES string of the molecule is Cc1csc(P2S[P+](SS)(c3cc(C)cs3)S2)c1. The van der Waals surface area contributed by atoms with Crippen LogP contribution in [0.25, 0.3) is 0 Å². The summed E-state index contributed by atoms with van der Waals surface area (Å²) < 4.78 is 3.13. The molecule has 3 heterocycles. The van der Waals surface area contributed by atoms with Crippen molar-refractivity contribution in [3.63, 3.8) is 0 Å². The quantitative estimate of drug-likeness (QED) is 0.364. The van der Waals surface area contributed by atoms with E-state index in [2.05, 4.69) is 70.4 Å². The molecule has 1 aliphatic rings. The van der Waals surface area contributed by atoms with E-state index in [0.29, 0.717) is 0 Å². The fourth-order valence-electron chi connectivity index (χ4n) is 1.50. The molecule has 1 saturated heterocycles. The number of hydrogen-bond acceptors (Lipinski definition) is 6. The van der Waals surface area contributed by atoms with E-state index in [1.165, 1.54) is 11.1 Å². The lowest BCUT2D eigenvalue weighted by Gasteiger charge is -2.30. The molecule has 1 aliphatic heterocycles. The van der Waals surface area contributed by atoms with Gasteiger partial charge >= 0.3 is 0 Å². The summed E-state index contributed by atoms with van der Waals surface area (Å²) in [5.74, 6) is 0. The van der Waals surface area contributed by atoms with Crippen LogP contribution in [0.1, 0.15) is 11.1 Å². The van der Waals surface area contributed by atoms with Crippen molar-refractivity contribution in [3.05, 3.63) is 34.0 Å². The zero-order valence-electron chi connectivity index (χ0n) is 9.69. The number of hydrogen-bond donors (Lipinski definition) is 1. The fraction of sp³-hybridized carbons (Fsp3) is 0.200. The second-order valence-corrected chi connectivity index (χ2v) is 25.1. The van der Waals surface area contributed by atoms with Gasteiger partial charge in [0, 0.05) is 0 Å². The summed E-state index contributed by atoms with van der Waals surface area (Å²) in [5.41, 5.74) is 2.79. The number of thiol groups is 1. The van der Waals surface area contributed by atoms with E-state index in [4.69, 9.17) is 0 Å². The maximum absolute atomic E-state index is 4.56. The Morgan fingerprint density at radius 2 is 1.78 bits per heavy atom. The average molecular weight is 386 g/mol. The minimum absolute atomic E-state index is 0.0420. The molecule has 0 amide bonds. The van der Waals surface area contributed by atoms with Crippen LogP contribution >= 0.6 is 77.9 Å². The molecule has 8 heteroatoms. The molecule has 0 N–H and O–H groups in total. The summed E-state index contributed by atoms with van der Waals surface area (Å²) in [6, 6.07) is 4.71. The predicted molar refractivity (Wildman–Crippen MR) is 103 cm³/mol. The normalized spacial score (nSPS) is 27.2. The molecule has 0 atom stereocenters. The Kier molecular flexibility index (Phi) is 4.71. The van der Waals surface area contributed by atoms with Crippen molar-refractivity contribution in [1.29, 1.82) is 0 Å². The highest BCUT2D eigenvalue weighted by molar-refractivity contribution is 9.56. The smallest absolute Gasteiger partial charge is 0.142 e. The van der Waals surface area contributed by atoms with Crippen LogP contribution in [0.2, 0.25) is 0 Å². The lowest BCUT2D eigenvalue weighted by Crippen LogP contribution is -2.03. The minimum atomic E-state index is -1.13. The Bertz CT molecular complexity index is 556. The van der Waals surface area contributed by atoms with Gasteiger partial charge in [-0.15, -0.1) is 22.7 Å². The van der Waals surface area contributed by atoms with Gasteiger partial charge in [0.25, 0.3) is 4.87 Å². The molecule has 1 fully saturated rings. The van der Waals surface area contributed by atoms with E-state index < -0.39 is 4.87 Å². The van der Waals surface area contributed by atoms with Gasteiger partial charge in [0.15, 0.2) is 4.62 Å². The summed E-state index contributed by atoms with van der Waals surface area (Å²) in [6.07, 6.45) is -0.0420. The molecule has 96 valence electrons. The van der Waals surface area contributed by atoms with E-state index in [9.17, 15) is 0 Å². The summed E-state index contributed by atoms with van der Waals surface area (Å²) in [6.45, 7) is 4.36. The van der Waals surface area contributed by atoms with Gasteiger partial charge in [-0.2, -0.15) is 0 Å². The Morgan fingerprint density at radius 1 is 1.11 bits per heavy atom. The largest absolute Gasteiger partial charge is 0.256 e. The molecule has 0 aliphatic carbocycles. The van der Waals surface area contributed by atoms with Crippen molar-refractivity contribution in [3.8, 4) is 0 Å². The summed E-state index contributed by atoms with van der Waals surface area (Å²) in [5, 5.41) is 4.53. The number of thiophene rings is 2. The van der Waals surface area contributed by atoms with Crippen molar-refractivity contribution >= 4 is 87.2 Å². The predicted octanol–water partition coefficient (Wildman–Crippen LogP) is 6.51. The number of aryl methyl sites for hydroxylation is 2. The third-order valence-corrected chi connectivity index (χ3v) is 38.5. The van der Waals surface area contributed by atoms with E-state index in [0.717, 1.165) is 0 Å². The average Bonchev–Trinajstić information content (AvgIpc) is 2.88. The highest BCUT2D eigenvalue weighted by Gasteiger charge is 2.62. The van der Waals surface area contributed by atoms with Gasteiger partial charge in [-0.1, -0.05) is 11.7 Å². The van der Waals surface area contributed by atoms with Gasteiger partial charge in [-0.3, -0.25) is 0 Å². The zero-order valence-corrected chi connectivity index (χ0v) is 16.5. The highest BCUT2D eigenvalue weighted by atomic mass is 33.8. The zero-order chi connectivity index (χ0) is 12.8. The standard InChI is InChI=1S/C10H10P2S6/c1-7-3-9(14-5-7)11-16-12(17-11,18-13)10-4-8(2)6-15-10/h3-6H,1-2H3/p+1. The van der Waals surface area contributed by atoms with Crippen molar-refractivity contribution < 1.29 is 0 Å². The first-order chi connectivity index (χ1) is 8.63. The number of rotatable bonds is 3. The van der Waals surface area contributed by atoms with Crippen LogP contribution in [0.15, 0.2) is 22.9 Å². The van der Waals surface area contributed by atoms with Gasteiger partial charge in [-0.25, -0.2) is 0 Å². The third-order valence-electron chi connectivity index (χ3n) is 2.35. The van der Waals surface area contributed by atoms with Crippen LogP contribution in [0, 0.1) is 13.8 Å². The van der Waals surface area contributed by atoms with Gasteiger partial charge in [0.2, 0.25) is 0 Å². The highest BCUT2D eigenvalue weighted by Crippen LogP contribution is 3.10. The lowest BCUT2D eigenvalue weighted by molar-refractivity contribution is 1.57. The summed E-state index contributed by atoms with van der Waals surface area (Å²) >= 11 is 12.8. The van der Waals surface area contributed by atoms with Crippen molar-refractivity contribution in [2.45, 2.75) is 13.8 Å². The molecule has 0 aromatic carbocycles. The Balaban J connectivity index is 1.79. The first-order valence-electron chi connectivity index (χ1n) is 5.15.